The third-order valence-electron chi connectivity index (χ3n) is 7.84. The van der Waals surface area contributed by atoms with Crippen LogP contribution in [-0.2, 0) is 26.9 Å². The van der Waals surface area contributed by atoms with E-state index < -0.39 is 38.8 Å². The molecular formula is C35H40Cl2N6O5S. The first-order valence-corrected chi connectivity index (χ1v) is 17.7. The monoisotopic (exact) mass is 726 g/mol. The van der Waals surface area contributed by atoms with Gasteiger partial charge in [0.25, 0.3) is 0 Å². The summed E-state index contributed by atoms with van der Waals surface area (Å²) in [6, 6.07) is 9.37. The van der Waals surface area contributed by atoms with E-state index in [9.17, 15) is 13.8 Å². The van der Waals surface area contributed by atoms with Crippen LogP contribution in [0.5, 0.6) is 0 Å². The van der Waals surface area contributed by atoms with Crippen molar-refractivity contribution < 1.29 is 23.3 Å². The van der Waals surface area contributed by atoms with Gasteiger partial charge in [-0.3, -0.25) is 5.32 Å². The molecule has 0 saturated heterocycles. The third-order valence-corrected chi connectivity index (χ3v) is 10.2. The Bertz CT molecular complexity index is 1870. The number of amides is 1. The number of anilines is 2. The molecule has 2 atom stereocenters. The van der Waals surface area contributed by atoms with E-state index in [4.69, 9.17) is 42.6 Å². The molecule has 0 bridgehead atoms. The number of hydrogen-bond donors (Lipinski definition) is 2. The van der Waals surface area contributed by atoms with Gasteiger partial charge in [0, 0.05) is 23.4 Å². The van der Waals surface area contributed by atoms with Crippen molar-refractivity contribution in [3.8, 4) is 11.3 Å². The lowest BCUT2D eigenvalue weighted by molar-refractivity contribution is 0.0519. The van der Waals surface area contributed by atoms with Crippen molar-refractivity contribution in [3.05, 3.63) is 87.6 Å². The zero-order chi connectivity index (χ0) is 35.9. The number of ether oxygens (including phenoxy) is 2. The molecule has 0 saturated carbocycles. The van der Waals surface area contributed by atoms with Crippen molar-refractivity contribution in [2.45, 2.75) is 78.2 Å². The number of rotatable bonds is 7. The molecule has 3 heterocycles. The first kappa shape index (κ1) is 36.4. The number of nitrogens with one attached hydrogen (secondary N) is 2. The summed E-state index contributed by atoms with van der Waals surface area (Å²) in [7, 11) is -1.33. The van der Waals surface area contributed by atoms with Crippen molar-refractivity contribution >= 4 is 57.9 Å². The quantitative estimate of drug-likeness (QED) is 0.184. The van der Waals surface area contributed by atoms with Gasteiger partial charge in [0.05, 0.1) is 44.8 Å². The van der Waals surface area contributed by atoms with E-state index >= 15 is 0 Å². The number of nitrogens with zero attached hydrogens (tertiary/aromatic N) is 4. The third kappa shape index (κ3) is 7.82. The minimum Gasteiger partial charge on any atom is -0.461 e. The number of esters is 1. The highest BCUT2D eigenvalue weighted by molar-refractivity contribution is 7.84. The molecule has 1 amide bonds. The number of carbonyl (C=O) groups excluding carboxylic acids is 2. The molecule has 1 aliphatic heterocycles. The average Bonchev–Trinajstić information content (AvgIpc) is 3.30. The maximum Gasteiger partial charge on any atom is 0.413 e. The minimum atomic E-state index is -1.33. The van der Waals surface area contributed by atoms with Gasteiger partial charge in [-0.2, -0.15) is 0 Å². The summed E-state index contributed by atoms with van der Waals surface area (Å²) in [6.07, 6.45) is 7.72. The van der Waals surface area contributed by atoms with Gasteiger partial charge in [-0.25, -0.2) is 33.5 Å². The van der Waals surface area contributed by atoms with Gasteiger partial charge in [-0.05, 0) is 79.0 Å². The van der Waals surface area contributed by atoms with Gasteiger partial charge in [0.2, 0.25) is 0 Å². The lowest BCUT2D eigenvalue weighted by atomic mass is 9.80. The summed E-state index contributed by atoms with van der Waals surface area (Å²) >= 11 is 13.0. The molecule has 2 aliphatic rings. The summed E-state index contributed by atoms with van der Waals surface area (Å²) in [6.45, 7) is 14.6. The standard InChI is InChI=1S/C35H40Cl2N6O5S/c1-9-47-31(44)27-30(38-20(2)26(41-27)23-18-24(39-29(37)25(23)36)40-32(45)48-33(3,4)5)43-16-14-35(15-17-43)19-21-12-10-11-13-22(21)28(35)42-49(46)34(6,7)8/h10-18,28,42H,9,19H2,1-8H3,(H,39,40,45)/t28-,49-/m1/s1. The molecule has 11 nitrogen and oxygen atoms in total. The van der Waals surface area contributed by atoms with Crippen LogP contribution in [0.1, 0.15) is 81.8 Å². The van der Waals surface area contributed by atoms with E-state index in [2.05, 4.69) is 27.2 Å². The Morgan fingerprint density at radius 1 is 1.06 bits per heavy atom. The highest BCUT2D eigenvalue weighted by Crippen LogP contribution is 2.50. The SMILES string of the molecule is CCOC(=O)c1nc(-c2cc(NC(=O)OC(C)(C)C)nc(Cl)c2Cl)c(C)nc1N1C=CC2(C=C1)Cc1ccccc1[C@H]2N[S@](=O)C(C)(C)C. The lowest BCUT2D eigenvalue weighted by Gasteiger charge is -2.36. The van der Waals surface area contributed by atoms with Crippen LogP contribution in [0.4, 0.5) is 16.4 Å². The van der Waals surface area contributed by atoms with Gasteiger partial charge >= 0.3 is 12.1 Å². The van der Waals surface area contributed by atoms with E-state index in [1.807, 2.05) is 57.5 Å². The molecule has 260 valence electrons. The smallest absolute Gasteiger partial charge is 0.413 e. The Hall–Kier alpha value is -3.84. The van der Waals surface area contributed by atoms with Gasteiger partial charge in [-0.15, -0.1) is 0 Å². The van der Waals surface area contributed by atoms with E-state index in [0.29, 0.717) is 17.7 Å². The van der Waals surface area contributed by atoms with E-state index in [1.54, 1.807) is 39.5 Å². The maximum atomic E-state index is 13.4. The first-order valence-electron chi connectivity index (χ1n) is 15.8. The van der Waals surface area contributed by atoms with Crippen LogP contribution in [0.15, 0.2) is 54.9 Å². The van der Waals surface area contributed by atoms with Crippen molar-refractivity contribution in [1.82, 2.24) is 19.7 Å². The fraction of sp³-hybridized carbons (Fsp3) is 0.400. The summed E-state index contributed by atoms with van der Waals surface area (Å²) in [5.74, 6) is -0.379. The van der Waals surface area contributed by atoms with Gasteiger partial charge in [0.1, 0.15) is 11.4 Å². The molecule has 14 heteroatoms. The molecule has 1 aliphatic carbocycles. The zero-order valence-corrected chi connectivity index (χ0v) is 31.0. The van der Waals surface area contributed by atoms with Crippen LogP contribution in [0.25, 0.3) is 11.3 Å². The van der Waals surface area contributed by atoms with Crippen molar-refractivity contribution in [2.24, 2.45) is 5.41 Å². The summed E-state index contributed by atoms with van der Waals surface area (Å²) in [5, 5.41) is 2.53. The van der Waals surface area contributed by atoms with Crippen molar-refractivity contribution in [2.75, 3.05) is 16.8 Å². The molecule has 1 aromatic carbocycles. The number of carbonyl (C=O) groups is 2. The van der Waals surface area contributed by atoms with Gasteiger partial charge in [-0.1, -0.05) is 59.6 Å². The number of hydrogen-bond acceptors (Lipinski definition) is 9. The number of fused-ring (bicyclic) bond motifs is 1. The number of benzene rings is 1. The molecule has 3 aromatic rings. The van der Waals surface area contributed by atoms with Crippen molar-refractivity contribution in [3.63, 3.8) is 0 Å². The topological polar surface area (TPSA) is 136 Å². The Balaban J connectivity index is 1.53. The van der Waals surface area contributed by atoms with Crippen LogP contribution in [0.2, 0.25) is 10.2 Å². The highest BCUT2D eigenvalue weighted by atomic mass is 35.5. The maximum absolute atomic E-state index is 13.4. The predicted octanol–water partition coefficient (Wildman–Crippen LogP) is 7.86. The number of halogens is 2. The zero-order valence-electron chi connectivity index (χ0n) is 28.7. The number of pyridine rings is 1. The van der Waals surface area contributed by atoms with Crippen molar-refractivity contribution in [1.29, 1.82) is 0 Å². The fourth-order valence-corrected chi connectivity index (χ4v) is 6.87. The normalized spacial score (nSPS) is 17.2. The molecular weight excluding hydrogens is 687 g/mol. The van der Waals surface area contributed by atoms with Crippen LogP contribution >= 0.6 is 23.2 Å². The van der Waals surface area contributed by atoms with Gasteiger partial charge in [0.15, 0.2) is 16.7 Å². The molecule has 5 rings (SSSR count). The highest BCUT2D eigenvalue weighted by Gasteiger charge is 2.45. The lowest BCUT2D eigenvalue weighted by Crippen LogP contribution is -2.41. The Kier molecular flexibility index (Phi) is 10.3. The second kappa shape index (κ2) is 13.8. The molecule has 49 heavy (non-hydrogen) atoms. The molecule has 0 radical (unpaired) electrons. The molecule has 0 unspecified atom stereocenters. The Morgan fingerprint density at radius 3 is 2.37 bits per heavy atom. The van der Waals surface area contributed by atoms with E-state index in [0.717, 1.165) is 11.1 Å². The van der Waals surface area contributed by atoms with Crippen LogP contribution in [0.3, 0.4) is 0 Å². The molecule has 0 fully saturated rings. The van der Waals surface area contributed by atoms with Crippen LogP contribution in [0, 0.1) is 12.3 Å². The van der Waals surface area contributed by atoms with Crippen LogP contribution in [-0.4, -0.2) is 48.2 Å². The molecule has 2 aromatic heterocycles. The van der Waals surface area contributed by atoms with Gasteiger partial charge < -0.3 is 14.4 Å². The molecule has 1 spiro atoms. The van der Waals surface area contributed by atoms with Crippen LogP contribution < -0.4 is 14.9 Å². The summed E-state index contributed by atoms with van der Waals surface area (Å²) in [5.41, 5.74) is 1.89. The van der Waals surface area contributed by atoms with E-state index in [-0.39, 0.29) is 45.8 Å². The first-order chi connectivity index (χ1) is 22.9. The minimum absolute atomic E-state index is 0.0584. The number of aromatic nitrogens is 3. The predicted molar refractivity (Wildman–Crippen MR) is 193 cm³/mol. The Labute approximate surface area is 299 Å². The second-order valence-electron chi connectivity index (χ2n) is 13.8. The summed E-state index contributed by atoms with van der Waals surface area (Å²) < 4.78 is 27.0. The largest absolute Gasteiger partial charge is 0.461 e. The second-order valence-corrected chi connectivity index (χ2v) is 16.5. The average molecular weight is 728 g/mol. The summed E-state index contributed by atoms with van der Waals surface area (Å²) in [4.78, 5) is 41.2. The van der Waals surface area contributed by atoms with E-state index in [1.165, 1.54) is 6.07 Å². The fourth-order valence-electron chi connectivity index (χ4n) is 5.57. The number of aryl methyl sites for hydroxylation is 1. The Morgan fingerprint density at radius 2 is 1.73 bits per heavy atom. The molecule has 2 N–H and O–H groups in total.